The smallest absolute Gasteiger partial charge is 0.354 e. The van der Waals surface area contributed by atoms with Crippen LogP contribution in [0.5, 0.6) is 0 Å². The first-order valence-corrected chi connectivity index (χ1v) is 3.52. The van der Waals surface area contributed by atoms with Gasteiger partial charge in [0, 0.05) is 0 Å². The third kappa shape index (κ3) is 2.68. The molecule has 0 amide bonds. The number of rotatable bonds is 2. The highest BCUT2D eigenvalue weighted by Gasteiger charge is 2.03. The Kier molecular flexibility index (Phi) is 4.62. The predicted octanol–water partition coefficient (Wildman–Crippen LogP) is 1.94. The molecule has 1 aromatic rings. The average Bonchev–Trinajstić information content (AvgIpc) is 2.05. The van der Waals surface area contributed by atoms with Crippen molar-refractivity contribution < 1.29 is 9.90 Å². The van der Waals surface area contributed by atoms with Crippen LogP contribution in [-0.4, -0.2) is 16.1 Å². The van der Waals surface area contributed by atoms with E-state index in [1.54, 1.807) is 12.1 Å². The SMILES string of the molecule is Cl.O=C(O)c1cccc(CCl)n1. The second kappa shape index (κ2) is 4.95. The predicted molar refractivity (Wildman–Crippen MR) is 48.0 cm³/mol. The lowest BCUT2D eigenvalue weighted by atomic mass is 10.3. The summed E-state index contributed by atoms with van der Waals surface area (Å²) >= 11 is 5.45. The summed E-state index contributed by atoms with van der Waals surface area (Å²) in [6.45, 7) is 0. The summed E-state index contributed by atoms with van der Waals surface area (Å²) < 4.78 is 0. The fourth-order valence-corrected chi connectivity index (χ4v) is 0.822. The molecule has 1 rings (SSSR count). The third-order valence-electron chi connectivity index (χ3n) is 1.16. The summed E-state index contributed by atoms with van der Waals surface area (Å²) in [5, 5.41) is 8.50. The van der Waals surface area contributed by atoms with Gasteiger partial charge in [-0.1, -0.05) is 6.07 Å². The number of aromatic carboxylic acids is 1. The monoisotopic (exact) mass is 207 g/mol. The van der Waals surface area contributed by atoms with Crippen molar-refractivity contribution in [3.05, 3.63) is 29.6 Å². The zero-order valence-corrected chi connectivity index (χ0v) is 7.60. The Morgan fingerprint density at radius 2 is 2.25 bits per heavy atom. The minimum Gasteiger partial charge on any atom is -0.477 e. The first-order chi connectivity index (χ1) is 5.24. The van der Waals surface area contributed by atoms with Gasteiger partial charge in [-0.25, -0.2) is 9.78 Å². The molecule has 0 radical (unpaired) electrons. The number of aromatic nitrogens is 1. The van der Waals surface area contributed by atoms with E-state index in [2.05, 4.69) is 4.98 Å². The molecule has 0 aliphatic carbocycles. The maximum absolute atomic E-state index is 10.4. The van der Waals surface area contributed by atoms with Crippen molar-refractivity contribution in [1.29, 1.82) is 0 Å². The van der Waals surface area contributed by atoms with Crippen molar-refractivity contribution in [1.82, 2.24) is 4.98 Å². The Morgan fingerprint density at radius 3 is 2.75 bits per heavy atom. The Hall–Kier alpha value is -0.800. The van der Waals surface area contributed by atoms with Crippen molar-refractivity contribution >= 4 is 30.0 Å². The van der Waals surface area contributed by atoms with Gasteiger partial charge in [-0.3, -0.25) is 0 Å². The van der Waals surface area contributed by atoms with Crippen LogP contribution in [0.4, 0.5) is 0 Å². The highest BCUT2D eigenvalue weighted by atomic mass is 35.5. The van der Waals surface area contributed by atoms with E-state index in [9.17, 15) is 4.79 Å². The van der Waals surface area contributed by atoms with E-state index in [4.69, 9.17) is 16.7 Å². The highest BCUT2D eigenvalue weighted by Crippen LogP contribution is 2.01. The van der Waals surface area contributed by atoms with Crippen molar-refractivity contribution in [3.63, 3.8) is 0 Å². The number of carbonyl (C=O) groups is 1. The zero-order valence-electron chi connectivity index (χ0n) is 6.03. The van der Waals surface area contributed by atoms with Gasteiger partial charge >= 0.3 is 5.97 Å². The topological polar surface area (TPSA) is 50.2 Å². The van der Waals surface area contributed by atoms with Gasteiger partial charge in [-0.2, -0.15) is 0 Å². The lowest BCUT2D eigenvalue weighted by Gasteiger charge is -1.95. The van der Waals surface area contributed by atoms with Crippen LogP contribution in [0.2, 0.25) is 0 Å². The maximum Gasteiger partial charge on any atom is 0.354 e. The molecule has 66 valence electrons. The Bertz CT molecular complexity index is 278. The minimum absolute atomic E-state index is 0. The molecule has 0 aromatic carbocycles. The van der Waals surface area contributed by atoms with E-state index >= 15 is 0 Å². The molecule has 0 spiro atoms. The fourth-order valence-electron chi connectivity index (χ4n) is 0.673. The van der Waals surface area contributed by atoms with Gasteiger partial charge in [0.15, 0.2) is 0 Å². The standard InChI is InChI=1S/C7H6ClNO2.ClH/c8-4-5-2-1-3-6(9-5)7(10)11;/h1-3H,4H2,(H,10,11);1H. The molecule has 0 aliphatic heterocycles. The number of alkyl halides is 1. The van der Waals surface area contributed by atoms with E-state index in [1.165, 1.54) is 6.07 Å². The molecule has 0 aliphatic rings. The molecule has 1 heterocycles. The molecule has 1 aromatic heterocycles. The van der Waals surface area contributed by atoms with Gasteiger partial charge in [-0.05, 0) is 12.1 Å². The van der Waals surface area contributed by atoms with Crippen LogP contribution in [0, 0.1) is 0 Å². The fraction of sp³-hybridized carbons (Fsp3) is 0.143. The summed E-state index contributed by atoms with van der Waals surface area (Å²) in [5.41, 5.74) is 0.606. The van der Waals surface area contributed by atoms with Crippen molar-refractivity contribution in [2.75, 3.05) is 0 Å². The van der Waals surface area contributed by atoms with E-state index < -0.39 is 5.97 Å². The Morgan fingerprint density at radius 1 is 1.58 bits per heavy atom. The quantitative estimate of drug-likeness (QED) is 0.755. The highest BCUT2D eigenvalue weighted by molar-refractivity contribution is 6.16. The largest absolute Gasteiger partial charge is 0.477 e. The molecule has 0 saturated heterocycles. The molecule has 3 nitrogen and oxygen atoms in total. The summed E-state index contributed by atoms with van der Waals surface area (Å²) in [6, 6.07) is 4.73. The third-order valence-corrected chi connectivity index (χ3v) is 1.44. The van der Waals surface area contributed by atoms with Crippen molar-refractivity contribution in [3.8, 4) is 0 Å². The van der Waals surface area contributed by atoms with Crippen LogP contribution in [0.1, 0.15) is 16.2 Å². The Labute approximate surface area is 80.8 Å². The molecule has 0 fully saturated rings. The van der Waals surface area contributed by atoms with Crippen LogP contribution in [-0.2, 0) is 5.88 Å². The van der Waals surface area contributed by atoms with Gasteiger partial charge < -0.3 is 5.11 Å². The van der Waals surface area contributed by atoms with Crippen LogP contribution in [0.15, 0.2) is 18.2 Å². The Balaban J connectivity index is 0.00000121. The number of hydrogen-bond acceptors (Lipinski definition) is 2. The zero-order chi connectivity index (χ0) is 8.27. The van der Waals surface area contributed by atoms with E-state index in [1.807, 2.05) is 0 Å². The van der Waals surface area contributed by atoms with Gasteiger partial charge in [0.05, 0.1) is 11.6 Å². The number of nitrogens with zero attached hydrogens (tertiary/aromatic N) is 1. The molecule has 0 saturated carbocycles. The van der Waals surface area contributed by atoms with Crippen LogP contribution >= 0.6 is 24.0 Å². The van der Waals surface area contributed by atoms with E-state index in [0.717, 1.165) is 0 Å². The second-order valence-corrected chi connectivity index (χ2v) is 2.22. The molecular weight excluding hydrogens is 201 g/mol. The molecule has 0 unspecified atom stereocenters. The van der Waals surface area contributed by atoms with Gasteiger partial charge in [0.25, 0.3) is 0 Å². The number of halogens is 2. The van der Waals surface area contributed by atoms with Gasteiger partial charge in [-0.15, -0.1) is 24.0 Å². The van der Waals surface area contributed by atoms with Crippen LogP contribution in [0.25, 0.3) is 0 Å². The van der Waals surface area contributed by atoms with Crippen LogP contribution < -0.4 is 0 Å². The number of hydrogen-bond donors (Lipinski definition) is 1. The normalized spacial score (nSPS) is 8.75. The van der Waals surface area contributed by atoms with E-state index in [0.29, 0.717) is 5.69 Å². The molecule has 0 bridgehead atoms. The summed E-state index contributed by atoms with van der Waals surface area (Å²) in [5.74, 6) is -0.793. The number of carboxylic acid groups (broad SMARTS) is 1. The summed E-state index contributed by atoms with van der Waals surface area (Å²) in [4.78, 5) is 14.1. The molecule has 1 N–H and O–H groups in total. The second-order valence-electron chi connectivity index (χ2n) is 1.95. The molecular formula is C7H7Cl2NO2. The minimum atomic E-state index is -1.03. The van der Waals surface area contributed by atoms with Crippen molar-refractivity contribution in [2.45, 2.75) is 5.88 Å². The molecule has 0 atom stereocenters. The van der Waals surface area contributed by atoms with Crippen LogP contribution in [0.3, 0.4) is 0 Å². The first-order valence-electron chi connectivity index (χ1n) is 2.99. The van der Waals surface area contributed by atoms with Gasteiger partial charge in [0.1, 0.15) is 5.69 Å². The average molecular weight is 208 g/mol. The first kappa shape index (κ1) is 11.2. The summed E-state index contributed by atoms with van der Waals surface area (Å²) in [7, 11) is 0. The summed E-state index contributed by atoms with van der Waals surface area (Å²) in [6.07, 6.45) is 0. The lowest BCUT2D eigenvalue weighted by molar-refractivity contribution is 0.0690. The molecule has 5 heteroatoms. The maximum atomic E-state index is 10.4. The number of carboxylic acids is 1. The van der Waals surface area contributed by atoms with E-state index in [-0.39, 0.29) is 24.0 Å². The van der Waals surface area contributed by atoms with Gasteiger partial charge in [0.2, 0.25) is 0 Å². The van der Waals surface area contributed by atoms with Crippen molar-refractivity contribution in [2.24, 2.45) is 0 Å². The lowest BCUT2D eigenvalue weighted by Crippen LogP contribution is -2.01. The number of pyridine rings is 1. The molecule has 12 heavy (non-hydrogen) atoms.